The van der Waals surface area contributed by atoms with Gasteiger partial charge in [-0.1, -0.05) is 24.3 Å². The zero-order chi connectivity index (χ0) is 29.9. The van der Waals surface area contributed by atoms with Crippen molar-refractivity contribution in [2.75, 3.05) is 48.8 Å². The molecule has 10 heteroatoms. The summed E-state index contributed by atoms with van der Waals surface area (Å²) in [4.78, 5) is 56.2. The maximum Gasteiger partial charge on any atom is 0.275 e. The summed E-state index contributed by atoms with van der Waals surface area (Å²) in [7, 11) is 2.14. The van der Waals surface area contributed by atoms with Gasteiger partial charge in [0.1, 0.15) is 11.6 Å². The first-order valence-corrected chi connectivity index (χ1v) is 14.1. The number of carbonyl (C=O) groups is 3. The highest BCUT2D eigenvalue weighted by atomic mass is 16.2. The molecule has 10 nitrogen and oxygen atoms in total. The smallest absolute Gasteiger partial charge is 0.275 e. The fourth-order valence-electron chi connectivity index (χ4n) is 5.16. The highest BCUT2D eigenvalue weighted by molar-refractivity contribution is 6.15. The maximum absolute atomic E-state index is 13.3. The molecule has 216 valence electrons. The molecule has 2 aliphatic rings. The Bertz CT molecular complexity index is 1710. The van der Waals surface area contributed by atoms with Gasteiger partial charge < -0.3 is 20.4 Å². The molecule has 0 radical (unpaired) electrons. The summed E-state index contributed by atoms with van der Waals surface area (Å²) in [5.41, 5.74) is 5.45. The summed E-state index contributed by atoms with van der Waals surface area (Å²) in [6.07, 6.45) is 4.57. The molecular weight excluding hydrogens is 542 g/mol. The van der Waals surface area contributed by atoms with Crippen molar-refractivity contribution >= 4 is 46.6 Å². The predicted molar refractivity (Wildman–Crippen MR) is 167 cm³/mol. The number of aromatic nitrogens is 2. The minimum absolute atomic E-state index is 0.178. The van der Waals surface area contributed by atoms with Crippen LogP contribution in [0.15, 0.2) is 84.1 Å². The van der Waals surface area contributed by atoms with Gasteiger partial charge in [-0.3, -0.25) is 24.4 Å². The van der Waals surface area contributed by atoms with E-state index in [9.17, 15) is 14.4 Å². The lowest BCUT2D eigenvalue weighted by Gasteiger charge is -2.34. The Balaban J connectivity index is 1.13. The van der Waals surface area contributed by atoms with E-state index in [1.165, 1.54) is 18.1 Å². The second kappa shape index (κ2) is 11.9. The van der Waals surface area contributed by atoms with Gasteiger partial charge >= 0.3 is 0 Å². The first-order chi connectivity index (χ1) is 20.8. The van der Waals surface area contributed by atoms with Crippen molar-refractivity contribution in [2.45, 2.75) is 12.8 Å². The predicted octanol–water partition coefficient (Wildman–Crippen LogP) is 4.46. The van der Waals surface area contributed by atoms with Crippen molar-refractivity contribution in [3.05, 3.63) is 107 Å². The van der Waals surface area contributed by atoms with Crippen molar-refractivity contribution in [2.24, 2.45) is 4.99 Å². The van der Waals surface area contributed by atoms with Gasteiger partial charge in [0, 0.05) is 66.8 Å². The Morgan fingerprint density at radius 1 is 0.953 bits per heavy atom. The fourth-order valence-corrected chi connectivity index (χ4v) is 5.16. The number of likely N-dealkylation sites (N-methyl/N-ethyl adjacent to an activating group) is 1. The number of nitrogens with zero attached hydrogens (tertiary/aromatic N) is 5. The topological polar surface area (TPSA) is 120 Å². The molecule has 4 aromatic rings. The molecule has 1 aromatic heterocycles. The van der Waals surface area contributed by atoms with Gasteiger partial charge in [0.2, 0.25) is 5.91 Å². The first kappa shape index (κ1) is 27.9. The summed E-state index contributed by atoms with van der Waals surface area (Å²) in [6.45, 7) is 5.86. The van der Waals surface area contributed by atoms with Crippen LogP contribution in [0.2, 0.25) is 0 Å². The van der Waals surface area contributed by atoms with Crippen LogP contribution >= 0.6 is 0 Å². The van der Waals surface area contributed by atoms with Gasteiger partial charge in [-0.05, 0) is 62.0 Å². The van der Waals surface area contributed by atoms with E-state index < -0.39 is 11.8 Å². The Labute approximate surface area is 249 Å². The van der Waals surface area contributed by atoms with E-state index in [4.69, 9.17) is 0 Å². The number of hydrogen-bond acceptors (Lipinski definition) is 8. The Hall–Kier alpha value is -5.22. The number of fused-ring (bicyclic) bond motifs is 1. The van der Waals surface area contributed by atoms with E-state index in [-0.39, 0.29) is 17.4 Å². The van der Waals surface area contributed by atoms with Crippen LogP contribution in [0.25, 0.3) is 0 Å². The molecule has 6 rings (SSSR count). The molecule has 0 spiro atoms. The number of ketones is 1. The zero-order valence-electron chi connectivity index (χ0n) is 23.9. The van der Waals surface area contributed by atoms with Crippen LogP contribution in [0.1, 0.15) is 43.6 Å². The summed E-state index contributed by atoms with van der Waals surface area (Å²) < 4.78 is 0. The molecule has 3 aromatic carbocycles. The number of carbonyl (C=O) groups excluding carboxylic acids is 3. The van der Waals surface area contributed by atoms with E-state index >= 15 is 0 Å². The lowest BCUT2D eigenvalue weighted by Crippen LogP contribution is -2.44. The molecule has 1 fully saturated rings. The summed E-state index contributed by atoms with van der Waals surface area (Å²) in [5, 5.41) is 5.64. The SMILES string of the molecule is Cc1cnc(C(=O)Nc2cccc(C(=O)c3ccc4c(c3)NC(=O)C4C=Nc3ccc(N4CCN(C)CC4)cc3)c2)cn1. The van der Waals surface area contributed by atoms with Crippen molar-refractivity contribution < 1.29 is 14.4 Å². The number of aryl methyl sites for hydroxylation is 1. The largest absolute Gasteiger partial charge is 0.369 e. The second-order valence-electron chi connectivity index (χ2n) is 10.8. The third-order valence-electron chi connectivity index (χ3n) is 7.68. The normalized spacial score (nSPS) is 16.7. The summed E-state index contributed by atoms with van der Waals surface area (Å²) in [5.74, 6) is -1.40. The van der Waals surface area contributed by atoms with Gasteiger partial charge in [-0.25, -0.2) is 4.98 Å². The highest BCUT2D eigenvalue weighted by Gasteiger charge is 2.30. The van der Waals surface area contributed by atoms with Gasteiger partial charge in [-0.15, -0.1) is 0 Å². The first-order valence-electron chi connectivity index (χ1n) is 14.1. The van der Waals surface area contributed by atoms with Crippen LogP contribution in [-0.4, -0.2) is 71.9 Å². The van der Waals surface area contributed by atoms with Crippen molar-refractivity contribution in [1.29, 1.82) is 0 Å². The molecule has 1 saturated heterocycles. The monoisotopic (exact) mass is 573 g/mol. The van der Waals surface area contributed by atoms with E-state index in [1.54, 1.807) is 55.6 Å². The molecule has 0 saturated carbocycles. The van der Waals surface area contributed by atoms with Crippen LogP contribution in [0.5, 0.6) is 0 Å². The number of rotatable bonds is 7. The number of aliphatic imine (C=N–C) groups is 1. The van der Waals surface area contributed by atoms with E-state index in [2.05, 4.69) is 54.6 Å². The number of piperazine rings is 1. The minimum atomic E-state index is -0.556. The number of anilines is 3. The van der Waals surface area contributed by atoms with Crippen LogP contribution in [0, 0.1) is 6.92 Å². The molecule has 2 N–H and O–H groups in total. The molecular formula is C33H31N7O3. The highest BCUT2D eigenvalue weighted by Crippen LogP contribution is 2.33. The molecule has 2 amide bonds. The Morgan fingerprint density at radius 3 is 2.47 bits per heavy atom. The Morgan fingerprint density at radius 2 is 1.72 bits per heavy atom. The molecule has 1 atom stereocenters. The average Bonchev–Trinajstić information content (AvgIpc) is 3.34. The third kappa shape index (κ3) is 6.19. The summed E-state index contributed by atoms with van der Waals surface area (Å²) >= 11 is 0. The molecule has 3 heterocycles. The van der Waals surface area contributed by atoms with Crippen molar-refractivity contribution in [3.63, 3.8) is 0 Å². The molecule has 2 aliphatic heterocycles. The standard InChI is InChI=1S/C33H31N7O3/c1-21-18-36-30(20-34-21)33(43)37-25-5-3-4-22(16-25)31(41)23-6-11-27-28(32(42)38-29(27)17-23)19-35-24-7-9-26(10-8-24)40-14-12-39(2)13-15-40/h3-11,16-20,28H,12-15H2,1-2H3,(H,37,43)(H,38,42). The molecule has 0 bridgehead atoms. The van der Waals surface area contributed by atoms with E-state index in [0.29, 0.717) is 28.2 Å². The maximum atomic E-state index is 13.3. The zero-order valence-corrected chi connectivity index (χ0v) is 23.9. The molecule has 43 heavy (non-hydrogen) atoms. The van der Waals surface area contributed by atoms with E-state index in [0.717, 1.165) is 37.4 Å². The van der Waals surface area contributed by atoms with Crippen molar-refractivity contribution in [1.82, 2.24) is 14.9 Å². The quantitative estimate of drug-likeness (QED) is 0.248. The lowest BCUT2D eigenvalue weighted by molar-refractivity contribution is -0.115. The van der Waals surface area contributed by atoms with Crippen LogP contribution in [0.3, 0.4) is 0 Å². The van der Waals surface area contributed by atoms with Gasteiger partial charge in [0.05, 0.1) is 17.6 Å². The lowest BCUT2D eigenvalue weighted by atomic mass is 9.97. The van der Waals surface area contributed by atoms with Crippen molar-refractivity contribution in [3.8, 4) is 0 Å². The number of nitrogens with one attached hydrogen (secondary N) is 2. The van der Waals surface area contributed by atoms with Crippen LogP contribution < -0.4 is 15.5 Å². The van der Waals surface area contributed by atoms with Crippen LogP contribution in [0.4, 0.5) is 22.7 Å². The number of hydrogen-bond donors (Lipinski definition) is 2. The fraction of sp³-hybridized carbons (Fsp3) is 0.212. The minimum Gasteiger partial charge on any atom is -0.369 e. The molecule has 1 unspecified atom stereocenters. The summed E-state index contributed by atoms with van der Waals surface area (Å²) in [6, 6.07) is 19.9. The third-order valence-corrected chi connectivity index (χ3v) is 7.68. The van der Waals surface area contributed by atoms with Gasteiger partial charge in [-0.2, -0.15) is 0 Å². The Kier molecular flexibility index (Phi) is 7.76. The van der Waals surface area contributed by atoms with Crippen LogP contribution in [-0.2, 0) is 4.79 Å². The molecule has 0 aliphatic carbocycles. The number of benzene rings is 3. The number of amides is 2. The van der Waals surface area contributed by atoms with Gasteiger partial charge in [0.25, 0.3) is 5.91 Å². The second-order valence-corrected chi connectivity index (χ2v) is 10.8. The van der Waals surface area contributed by atoms with Gasteiger partial charge in [0.15, 0.2) is 5.78 Å². The average molecular weight is 574 g/mol. The van der Waals surface area contributed by atoms with E-state index in [1.807, 2.05) is 12.1 Å².